The summed E-state index contributed by atoms with van der Waals surface area (Å²) in [5.74, 6) is 0.911. The lowest BCUT2D eigenvalue weighted by Crippen LogP contribution is -1.84. The van der Waals surface area contributed by atoms with Crippen LogP contribution in [0.3, 0.4) is 0 Å². The molecule has 1 aromatic rings. The maximum atomic E-state index is 5.12. The van der Waals surface area contributed by atoms with Crippen molar-refractivity contribution in [2.75, 3.05) is 7.11 Å². The van der Waals surface area contributed by atoms with Crippen LogP contribution >= 0.6 is 0 Å². The fourth-order valence-corrected chi connectivity index (χ4v) is 1.04. The molecular weight excluding hydrogens is 148 g/mol. The molecule has 12 heavy (non-hydrogen) atoms. The molecule has 0 aliphatic rings. The van der Waals surface area contributed by atoms with E-state index < -0.39 is 0 Å². The summed E-state index contributed by atoms with van der Waals surface area (Å²) in [6, 6.07) is 8.07. The zero-order chi connectivity index (χ0) is 8.97. The molecule has 1 nitrogen and oxygen atoms in total. The van der Waals surface area contributed by atoms with Crippen molar-refractivity contribution in [3.05, 3.63) is 35.9 Å². The maximum absolute atomic E-state index is 5.12. The topological polar surface area (TPSA) is 9.23 Å². The number of benzene rings is 1. The van der Waals surface area contributed by atoms with Crippen molar-refractivity contribution in [2.24, 2.45) is 0 Å². The number of methoxy groups -OCH3 is 1. The van der Waals surface area contributed by atoms with Gasteiger partial charge in [0.1, 0.15) is 5.75 Å². The van der Waals surface area contributed by atoms with Gasteiger partial charge in [0.25, 0.3) is 0 Å². The van der Waals surface area contributed by atoms with Gasteiger partial charge in [-0.25, -0.2) is 0 Å². The normalized spacial score (nSPS) is 11.4. The fraction of sp³-hybridized carbons (Fsp3) is 0.273. The van der Waals surface area contributed by atoms with E-state index in [1.165, 1.54) is 11.1 Å². The molecular formula is C11H14O. The molecule has 0 saturated carbocycles. The van der Waals surface area contributed by atoms with Gasteiger partial charge in [0.15, 0.2) is 0 Å². The Morgan fingerprint density at radius 1 is 1.42 bits per heavy atom. The Balaban J connectivity index is 3.02. The molecule has 0 atom stereocenters. The molecule has 1 rings (SSSR count). The highest BCUT2D eigenvalue weighted by atomic mass is 16.5. The summed E-state index contributed by atoms with van der Waals surface area (Å²) in [5.41, 5.74) is 2.49. The first kappa shape index (κ1) is 8.85. The lowest BCUT2D eigenvalue weighted by molar-refractivity contribution is 0.414. The standard InChI is InChI=1S/C11H14O/c1-4-9(2)10-6-5-7-11(8-10)12-3/h4-8H,1-3H3. The van der Waals surface area contributed by atoms with Crippen molar-refractivity contribution in [2.45, 2.75) is 13.8 Å². The first-order chi connectivity index (χ1) is 5.77. The SMILES string of the molecule is CC=C(C)c1cccc(OC)c1. The summed E-state index contributed by atoms with van der Waals surface area (Å²) >= 11 is 0. The number of allylic oxidation sites excluding steroid dienone is 2. The molecule has 0 fully saturated rings. The van der Waals surface area contributed by atoms with Crippen molar-refractivity contribution in [3.63, 3.8) is 0 Å². The van der Waals surface area contributed by atoms with Crippen LogP contribution in [0.25, 0.3) is 5.57 Å². The number of hydrogen-bond donors (Lipinski definition) is 0. The molecule has 0 bridgehead atoms. The molecule has 0 heterocycles. The van der Waals surface area contributed by atoms with Crippen molar-refractivity contribution >= 4 is 5.57 Å². The smallest absolute Gasteiger partial charge is 0.119 e. The van der Waals surface area contributed by atoms with Crippen LogP contribution in [0.5, 0.6) is 5.75 Å². The van der Waals surface area contributed by atoms with Gasteiger partial charge in [0.2, 0.25) is 0 Å². The summed E-state index contributed by atoms with van der Waals surface area (Å²) in [6.07, 6.45) is 2.09. The minimum absolute atomic E-state index is 0.911. The van der Waals surface area contributed by atoms with Gasteiger partial charge in [-0.3, -0.25) is 0 Å². The largest absolute Gasteiger partial charge is 0.497 e. The third-order valence-electron chi connectivity index (χ3n) is 1.96. The third kappa shape index (κ3) is 1.88. The van der Waals surface area contributed by atoms with Gasteiger partial charge in [-0.05, 0) is 37.1 Å². The van der Waals surface area contributed by atoms with Gasteiger partial charge in [-0.2, -0.15) is 0 Å². The quantitative estimate of drug-likeness (QED) is 0.649. The van der Waals surface area contributed by atoms with E-state index in [4.69, 9.17) is 4.74 Å². The van der Waals surface area contributed by atoms with Crippen LogP contribution in [0.15, 0.2) is 30.3 Å². The molecule has 0 aromatic heterocycles. The highest BCUT2D eigenvalue weighted by Crippen LogP contribution is 2.18. The first-order valence-corrected chi connectivity index (χ1v) is 4.05. The van der Waals surface area contributed by atoms with Gasteiger partial charge in [-0.1, -0.05) is 18.2 Å². The van der Waals surface area contributed by atoms with Crippen LogP contribution in [0.4, 0.5) is 0 Å². The second kappa shape index (κ2) is 3.96. The lowest BCUT2D eigenvalue weighted by atomic mass is 10.1. The highest BCUT2D eigenvalue weighted by molar-refractivity contribution is 5.64. The van der Waals surface area contributed by atoms with Gasteiger partial charge in [-0.15, -0.1) is 0 Å². The summed E-state index contributed by atoms with van der Waals surface area (Å²) in [4.78, 5) is 0. The van der Waals surface area contributed by atoms with Crippen LogP contribution < -0.4 is 4.74 Å². The van der Waals surface area contributed by atoms with Gasteiger partial charge in [0, 0.05) is 0 Å². The van der Waals surface area contributed by atoms with Crippen molar-refractivity contribution in [1.29, 1.82) is 0 Å². The molecule has 0 radical (unpaired) electrons. The number of rotatable bonds is 2. The Hall–Kier alpha value is -1.24. The Bertz CT molecular complexity index is 287. The third-order valence-corrected chi connectivity index (χ3v) is 1.96. The first-order valence-electron chi connectivity index (χ1n) is 4.05. The zero-order valence-corrected chi connectivity index (χ0v) is 7.79. The molecule has 0 saturated heterocycles. The molecule has 64 valence electrons. The Labute approximate surface area is 73.7 Å². The van der Waals surface area contributed by atoms with Gasteiger partial charge < -0.3 is 4.74 Å². The Kier molecular flexibility index (Phi) is 2.92. The van der Waals surface area contributed by atoms with E-state index in [0.717, 1.165) is 5.75 Å². The van der Waals surface area contributed by atoms with Crippen molar-refractivity contribution in [1.82, 2.24) is 0 Å². The predicted octanol–water partition coefficient (Wildman–Crippen LogP) is 3.12. The molecule has 1 aromatic carbocycles. The highest BCUT2D eigenvalue weighted by Gasteiger charge is 1.95. The summed E-state index contributed by atoms with van der Waals surface area (Å²) in [6.45, 7) is 4.13. The number of hydrogen-bond acceptors (Lipinski definition) is 1. The molecule has 0 aliphatic heterocycles. The van der Waals surface area contributed by atoms with E-state index in [1.54, 1.807) is 7.11 Å². The molecule has 0 spiro atoms. The van der Waals surface area contributed by atoms with Crippen LogP contribution in [-0.4, -0.2) is 7.11 Å². The Morgan fingerprint density at radius 3 is 2.75 bits per heavy atom. The van der Waals surface area contributed by atoms with Crippen LogP contribution in [0.1, 0.15) is 19.4 Å². The molecule has 0 amide bonds. The zero-order valence-electron chi connectivity index (χ0n) is 7.79. The molecule has 0 aliphatic carbocycles. The van der Waals surface area contributed by atoms with Gasteiger partial charge in [0.05, 0.1) is 7.11 Å². The van der Waals surface area contributed by atoms with E-state index >= 15 is 0 Å². The van der Waals surface area contributed by atoms with E-state index in [1.807, 2.05) is 25.1 Å². The predicted molar refractivity (Wildman–Crippen MR) is 52.3 cm³/mol. The summed E-state index contributed by atoms with van der Waals surface area (Å²) in [5, 5.41) is 0. The lowest BCUT2D eigenvalue weighted by Gasteiger charge is -2.03. The summed E-state index contributed by atoms with van der Waals surface area (Å²) in [7, 11) is 1.68. The van der Waals surface area contributed by atoms with Crippen LogP contribution in [0, 0.1) is 0 Å². The van der Waals surface area contributed by atoms with E-state index in [0.29, 0.717) is 0 Å². The second-order valence-electron chi connectivity index (χ2n) is 2.70. The monoisotopic (exact) mass is 162 g/mol. The number of ether oxygens (including phenoxy) is 1. The van der Waals surface area contributed by atoms with Crippen molar-refractivity contribution < 1.29 is 4.74 Å². The van der Waals surface area contributed by atoms with E-state index in [2.05, 4.69) is 19.1 Å². The summed E-state index contributed by atoms with van der Waals surface area (Å²) < 4.78 is 5.12. The van der Waals surface area contributed by atoms with Crippen LogP contribution in [0.2, 0.25) is 0 Å². The molecule has 0 N–H and O–H groups in total. The second-order valence-corrected chi connectivity index (χ2v) is 2.70. The minimum Gasteiger partial charge on any atom is -0.497 e. The van der Waals surface area contributed by atoms with Gasteiger partial charge >= 0.3 is 0 Å². The maximum Gasteiger partial charge on any atom is 0.119 e. The van der Waals surface area contributed by atoms with E-state index in [9.17, 15) is 0 Å². The minimum atomic E-state index is 0.911. The van der Waals surface area contributed by atoms with Crippen LogP contribution in [-0.2, 0) is 0 Å². The fourth-order valence-electron chi connectivity index (χ4n) is 1.04. The molecule has 0 unspecified atom stereocenters. The average molecular weight is 162 g/mol. The average Bonchev–Trinajstić information content (AvgIpc) is 2.17. The Morgan fingerprint density at radius 2 is 2.17 bits per heavy atom. The molecule has 1 heteroatoms. The van der Waals surface area contributed by atoms with Crippen molar-refractivity contribution in [3.8, 4) is 5.75 Å². The van der Waals surface area contributed by atoms with E-state index in [-0.39, 0.29) is 0 Å².